The number of benzene rings is 2. The fourth-order valence-electron chi connectivity index (χ4n) is 3.29. The highest BCUT2D eigenvalue weighted by Crippen LogP contribution is 2.18. The number of aromatic nitrogens is 1. The molecule has 2 aromatic carbocycles. The summed E-state index contributed by atoms with van der Waals surface area (Å²) in [5.41, 5.74) is 4.14. The van der Waals surface area contributed by atoms with Gasteiger partial charge < -0.3 is 15.2 Å². The Bertz CT molecular complexity index is 1050. The molecular weight excluding hydrogens is 367 g/mol. The third kappa shape index (κ3) is 4.64. The average molecular weight is 390 g/mol. The molecule has 29 heavy (non-hydrogen) atoms. The van der Waals surface area contributed by atoms with Crippen LogP contribution in [0.15, 0.2) is 54.6 Å². The zero-order valence-electron chi connectivity index (χ0n) is 16.5. The molecule has 6 heteroatoms. The van der Waals surface area contributed by atoms with Crippen LogP contribution in [-0.4, -0.2) is 23.6 Å². The summed E-state index contributed by atoms with van der Waals surface area (Å²) in [5, 5.41) is 14.9. The molecule has 0 radical (unpaired) electrons. The Kier molecular flexibility index (Phi) is 6.30. The van der Waals surface area contributed by atoms with Crippen molar-refractivity contribution in [1.29, 1.82) is 5.26 Å². The monoisotopic (exact) mass is 390 g/mol. The number of rotatable bonds is 7. The van der Waals surface area contributed by atoms with E-state index in [-0.39, 0.29) is 11.5 Å². The van der Waals surface area contributed by atoms with Crippen molar-refractivity contribution >= 4 is 11.6 Å². The maximum absolute atomic E-state index is 13.6. The molecule has 0 spiro atoms. The molecule has 1 aromatic heterocycles. The van der Waals surface area contributed by atoms with E-state index < -0.39 is 5.82 Å². The van der Waals surface area contributed by atoms with Crippen molar-refractivity contribution in [3.05, 3.63) is 88.5 Å². The molecule has 148 valence electrons. The standard InChI is InChI=1S/C23H23FN4O/c1-16-13-19(17(2)28(16)15-18-7-4-3-5-8-18)23(29)27-12-11-26-22-10-6-9-21(24)20(22)14-25/h3-10,13,26H,11-12,15H2,1-2H3,(H,27,29). The maximum atomic E-state index is 13.6. The van der Waals surface area contributed by atoms with E-state index in [1.807, 2.05) is 44.2 Å². The first-order valence-corrected chi connectivity index (χ1v) is 9.42. The van der Waals surface area contributed by atoms with Crippen molar-refractivity contribution in [2.75, 3.05) is 18.4 Å². The second-order valence-corrected chi connectivity index (χ2v) is 6.81. The van der Waals surface area contributed by atoms with E-state index in [9.17, 15) is 9.18 Å². The summed E-state index contributed by atoms with van der Waals surface area (Å²) in [6.45, 7) is 5.37. The summed E-state index contributed by atoms with van der Waals surface area (Å²) < 4.78 is 15.7. The minimum atomic E-state index is -0.563. The van der Waals surface area contributed by atoms with Crippen LogP contribution in [-0.2, 0) is 6.54 Å². The van der Waals surface area contributed by atoms with Gasteiger partial charge in [0.2, 0.25) is 0 Å². The fraction of sp³-hybridized carbons (Fsp3) is 0.217. The topological polar surface area (TPSA) is 69.8 Å². The molecule has 3 aromatic rings. The summed E-state index contributed by atoms with van der Waals surface area (Å²) in [6, 6.07) is 18.3. The van der Waals surface area contributed by atoms with E-state index in [2.05, 4.69) is 27.3 Å². The summed E-state index contributed by atoms with van der Waals surface area (Å²) in [6.07, 6.45) is 0. The Morgan fingerprint density at radius 3 is 2.59 bits per heavy atom. The maximum Gasteiger partial charge on any atom is 0.253 e. The van der Waals surface area contributed by atoms with Crippen LogP contribution in [0.5, 0.6) is 0 Å². The molecule has 0 unspecified atom stereocenters. The van der Waals surface area contributed by atoms with Gasteiger partial charge in [-0.25, -0.2) is 4.39 Å². The van der Waals surface area contributed by atoms with Crippen LogP contribution in [0.1, 0.15) is 32.9 Å². The number of halogens is 1. The van der Waals surface area contributed by atoms with E-state index >= 15 is 0 Å². The van der Waals surface area contributed by atoms with Gasteiger partial charge in [-0.1, -0.05) is 36.4 Å². The molecule has 0 bridgehead atoms. The molecule has 0 atom stereocenters. The number of nitrogens with one attached hydrogen (secondary N) is 2. The molecule has 3 rings (SSSR count). The van der Waals surface area contributed by atoms with Gasteiger partial charge in [0.05, 0.1) is 11.3 Å². The normalized spacial score (nSPS) is 10.4. The molecule has 2 N–H and O–H groups in total. The highest BCUT2D eigenvalue weighted by atomic mass is 19.1. The third-order valence-electron chi connectivity index (χ3n) is 4.85. The first-order chi connectivity index (χ1) is 14.0. The number of carbonyl (C=O) groups excluding carboxylic acids is 1. The van der Waals surface area contributed by atoms with Crippen LogP contribution < -0.4 is 10.6 Å². The Balaban J connectivity index is 1.60. The SMILES string of the molecule is Cc1cc(C(=O)NCCNc2cccc(F)c2C#N)c(C)n1Cc1ccccc1. The highest BCUT2D eigenvalue weighted by molar-refractivity contribution is 5.95. The number of aryl methyl sites for hydroxylation is 1. The van der Waals surface area contributed by atoms with Gasteiger partial charge in [0.1, 0.15) is 17.4 Å². The zero-order valence-corrected chi connectivity index (χ0v) is 16.5. The molecule has 0 aliphatic heterocycles. The molecule has 0 saturated heterocycles. The van der Waals surface area contributed by atoms with Gasteiger partial charge in [0, 0.05) is 31.0 Å². The quantitative estimate of drug-likeness (QED) is 0.599. The molecule has 0 fully saturated rings. The minimum Gasteiger partial charge on any atom is -0.382 e. The van der Waals surface area contributed by atoms with Crippen molar-refractivity contribution in [2.45, 2.75) is 20.4 Å². The predicted molar refractivity (Wildman–Crippen MR) is 111 cm³/mol. The Morgan fingerprint density at radius 2 is 1.86 bits per heavy atom. The van der Waals surface area contributed by atoms with Crippen LogP contribution in [0, 0.1) is 31.0 Å². The molecule has 1 amide bonds. The lowest BCUT2D eigenvalue weighted by Gasteiger charge is -2.11. The molecule has 5 nitrogen and oxygen atoms in total. The second kappa shape index (κ2) is 9.07. The Hall–Kier alpha value is -3.59. The summed E-state index contributed by atoms with van der Waals surface area (Å²) >= 11 is 0. The molecule has 0 saturated carbocycles. The van der Waals surface area contributed by atoms with E-state index in [4.69, 9.17) is 5.26 Å². The lowest BCUT2D eigenvalue weighted by Crippen LogP contribution is -2.29. The number of anilines is 1. The van der Waals surface area contributed by atoms with Gasteiger partial charge in [-0.2, -0.15) is 5.26 Å². The third-order valence-corrected chi connectivity index (χ3v) is 4.85. The number of nitriles is 1. The van der Waals surface area contributed by atoms with Gasteiger partial charge in [0.25, 0.3) is 5.91 Å². The first-order valence-electron chi connectivity index (χ1n) is 9.42. The second-order valence-electron chi connectivity index (χ2n) is 6.81. The van der Waals surface area contributed by atoms with Gasteiger partial charge in [0.15, 0.2) is 0 Å². The molecular formula is C23H23FN4O. The van der Waals surface area contributed by atoms with E-state index in [0.717, 1.165) is 11.4 Å². The first kappa shape index (κ1) is 20.2. The van der Waals surface area contributed by atoms with Gasteiger partial charge in [-0.3, -0.25) is 4.79 Å². The number of nitrogens with zero attached hydrogens (tertiary/aromatic N) is 2. The fourth-order valence-corrected chi connectivity index (χ4v) is 3.29. The number of hydrogen-bond donors (Lipinski definition) is 2. The van der Waals surface area contributed by atoms with Crippen molar-refractivity contribution in [2.24, 2.45) is 0 Å². The van der Waals surface area contributed by atoms with E-state index in [1.165, 1.54) is 11.6 Å². The van der Waals surface area contributed by atoms with Crippen LogP contribution in [0.2, 0.25) is 0 Å². The van der Waals surface area contributed by atoms with Crippen LogP contribution >= 0.6 is 0 Å². The minimum absolute atomic E-state index is 0.0247. The van der Waals surface area contributed by atoms with E-state index in [0.29, 0.717) is 30.9 Å². The Labute approximate surface area is 169 Å². The number of amides is 1. The van der Waals surface area contributed by atoms with E-state index in [1.54, 1.807) is 12.1 Å². The van der Waals surface area contributed by atoms with Crippen molar-refractivity contribution in [3.63, 3.8) is 0 Å². The van der Waals surface area contributed by atoms with Gasteiger partial charge >= 0.3 is 0 Å². The summed E-state index contributed by atoms with van der Waals surface area (Å²) in [7, 11) is 0. The number of carbonyl (C=O) groups is 1. The smallest absolute Gasteiger partial charge is 0.253 e. The van der Waals surface area contributed by atoms with Gasteiger partial charge in [-0.05, 0) is 37.6 Å². The predicted octanol–water partition coefficient (Wildman–Crippen LogP) is 4.01. The van der Waals surface area contributed by atoms with Crippen LogP contribution in [0.25, 0.3) is 0 Å². The lowest BCUT2D eigenvalue weighted by molar-refractivity contribution is 0.0954. The molecule has 0 aliphatic carbocycles. The molecule has 1 heterocycles. The van der Waals surface area contributed by atoms with Crippen LogP contribution in [0.4, 0.5) is 10.1 Å². The van der Waals surface area contributed by atoms with Crippen molar-refractivity contribution < 1.29 is 9.18 Å². The largest absolute Gasteiger partial charge is 0.382 e. The van der Waals surface area contributed by atoms with Gasteiger partial charge in [-0.15, -0.1) is 0 Å². The Morgan fingerprint density at radius 1 is 1.10 bits per heavy atom. The molecule has 0 aliphatic rings. The summed E-state index contributed by atoms with van der Waals surface area (Å²) in [5.74, 6) is -0.716. The van der Waals surface area contributed by atoms with Crippen molar-refractivity contribution in [3.8, 4) is 6.07 Å². The lowest BCUT2D eigenvalue weighted by atomic mass is 10.2. The van der Waals surface area contributed by atoms with Crippen LogP contribution in [0.3, 0.4) is 0 Å². The van der Waals surface area contributed by atoms with Crippen molar-refractivity contribution in [1.82, 2.24) is 9.88 Å². The average Bonchev–Trinajstić information content (AvgIpc) is 3.00. The summed E-state index contributed by atoms with van der Waals surface area (Å²) in [4.78, 5) is 12.6. The zero-order chi connectivity index (χ0) is 20.8. The highest BCUT2D eigenvalue weighted by Gasteiger charge is 2.15. The number of hydrogen-bond acceptors (Lipinski definition) is 3.